The Morgan fingerprint density at radius 2 is 2.05 bits per heavy atom. The number of benzene rings is 1. The highest BCUT2D eigenvalue weighted by Crippen LogP contribution is 2.30. The Morgan fingerprint density at radius 1 is 1.18 bits per heavy atom. The summed E-state index contributed by atoms with van der Waals surface area (Å²) in [4.78, 5) is 13.8. The van der Waals surface area contributed by atoms with Crippen molar-refractivity contribution in [1.29, 1.82) is 0 Å². The number of hydrogen-bond donors (Lipinski definition) is 1. The van der Waals surface area contributed by atoms with Crippen LogP contribution >= 0.6 is 0 Å². The first-order valence-corrected chi connectivity index (χ1v) is 7.90. The highest BCUT2D eigenvalue weighted by atomic mass is 16.2. The lowest BCUT2D eigenvalue weighted by Gasteiger charge is -2.28. The van der Waals surface area contributed by atoms with Crippen LogP contribution in [-0.4, -0.2) is 22.2 Å². The Bertz CT molecular complexity index is 677. The third-order valence-corrected chi connectivity index (χ3v) is 4.17. The van der Waals surface area contributed by atoms with Crippen LogP contribution in [0.4, 0.5) is 11.4 Å². The number of rotatable bonds is 5. The number of anilines is 2. The molecule has 0 saturated carbocycles. The first-order chi connectivity index (χ1) is 10.7. The maximum Gasteiger partial charge on any atom is 0.227 e. The first-order valence-electron chi connectivity index (χ1n) is 7.90. The number of aromatic nitrogens is 2. The molecule has 0 atom stereocenters. The van der Waals surface area contributed by atoms with E-state index in [2.05, 4.69) is 29.5 Å². The molecule has 0 radical (unpaired) electrons. The summed E-state index contributed by atoms with van der Waals surface area (Å²) in [5, 5.41) is 7.73. The highest BCUT2D eigenvalue weighted by Gasteiger charge is 2.22. The fraction of sp³-hybridized carbons (Fsp3) is 0.412. The zero-order valence-electron chi connectivity index (χ0n) is 13.2. The molecule has 1 N–H and O–H groups in total. The van der Waals surface area contributed by atoms with Gasteiger partial charge >= 0.3 is 0 Å². The molecule has 1 aromatic heterocycles. The van der Waals surface area contributed by atoms with Crippen LogP contribution in [0.25, 0.3) is 0 Å². The largest absolute Gasteiger partial charge is 0.379 e. The molecule has 2 aromatic rings. The number of hydrogen-bond acceptors (Lipinski definition) is 3. The van der Waals surface area contributed by atoms with Crippen LogP contribution in [-0.2, 0) is 24.3 Å². The van der Waals surface area contributed by atoms with Gasteiger partial charge in [-0.2, -0.15) is 5.10 Å². The lowest BCUT2D eigenvalue weighted by atomic mass is 10.0. The number of nitrogens with zero attached hydrogens (tertiary/aromatic N) is 3. The number of carbonyl (C=O) groups excluding carboxylic acids is 1. The predicted octanol–water partition coefficient (Wildman–Crippen LogP) is 2.81. The van der Waals surface area contributed by atoms with E-state index >= 15 is 0 Å². The zero-order valence-corrected chi connectivity index (χ0v) is 13.2. The molecule has 0 aliphatic carbocycles. The molecule has 5 heteroatoms. The summed E-state index contributed by atoms with van der Waals surface area (Å²) in [6.07, 6.45) is 3.26. The summed E-state index contributed by atoms with van der Waals surface area (Å²) >= 11 is 0. The molecule has 1 aromatic carbocycles. The fourth-order valence-corrected chi connectivity index (χ4v) is 3.00. The zero-order chi connectivity index (χ0) is 15.5. The van der Waals surface area contributed by atoms with Crippen molar-refractivity contribution in [3.05, 3.63) is 41.7 Å². The summed E-state index contributed by atoms with van der Waals surface area (Å²) in [5.74, 6) is 0.225. The Balaban J connectivity index is 1.75. The Labute approximate surface area is 130 Å². The molecular formula is C17H22N4O. The Kier molecular flexibility index (Phi) is 4.13. The van der Waals surface area contributed by atoms with Gasteiger partial charge in [-0.1, -0.05) is 0 Å². The normalized spacial score (nSPS) is 14.1. The van der Waals surface area contributed by atoms with E-state index < -0.39 is 0 Å². The molecule has 22 heavy (non-hydrogen) atoms. The van der Waals surface area contributed by atoms with Gasteiger partial charge in [0.25, 0.3) is 0 Å². The maximum absolute atomic E-state index is 11.9. The molecule has 116 valence electrons. The lowest BCUT2D eigenvalue weighted by molar-refractivity contribution is -0.118. The van der Waals surface area contributed by atoms with E-state index in [-0.39, 0.29) is 5.91 Å². The van der Waals surface area contributed by atoms with Crippen LogP contribution in [0, 0.1) is 0 Å². The second-order valence-electron chi connectivity index (χ2n) is 5.47. The van der Waals surface area contributed by atoms with Crippen LogP contribution in [0.15, 0.2) is 30.5 Å². The molecule has 0 unspecified atom stereocenters. The van der Waals surface area contributed by atoms with Crippen molar-refractivity contribution in [2.24, 2.45) is 0 Å². The second kappa shape index (κ2) is 6.22. The van der Waals surface area contributed by atoms with Crippen molar-refractivity contribution in [3.63, 3.8) is 0 Å². The molecule has 1 aliphatic rings. The van der Waals surface area contributed by atoms with Gasteiger partial charge in [0.1, 0.15) is 0 Å². The molecule has 0 saturated heterocycles. The minimum atomic E-state index is 0.225. The van der Waals surface area contributed by atoms with Crippen molar-refractivity contribution in [2.45, 2.75) is 39.8 Å². The van der Waals surface area contributed by atoms with Crippen molar-refractivity contribution in [2.75, 3.05) is 16.8 Å². The smallest absolute Gasteiger partial charge is 0.227 e. The second-order valence-corrected chi connectivity index (χ2v) is 5.47. The van der Waals surface area contributed by atoms with E-state index in [1.165, 1.54) is 11.3 Å². The number of amides is 1. The van der Waals surface area contributed by atoms with Gasteiger partial charge in [-0.3, -0.25) is 9.48 Å². The van der Waals surface area contributed by atoms with Gasteiger partial charge in [0.05, 0.1) is 12.2 Å². The van der Waals surface area contributed by atoms with Crippen molar-refractivity contribution < 1.29 is 4.79 Å². The third-order valence-electron chi connectivity index (χ3n) is 4.17. The van der Waals surface area contributed by atoms with Crippen LogP contribution in [0.3, 0.4) is 0 Å². The number of aryl methyl sites for hydroxylation is 2. The number of fused-ring (bicyclic) bond motifs is 1. The minimum Gasteiger partial charge on any atom is -0.379 e. The molecule has 0 spiro atoms. The average molecular weight is 298 g/mol. The molecule has 0 bridgehead atoms. The van der Waals surface area contributed by atoms with E-state index in [0.29, 0.717) is 6.42 Å². The van der Waals surface area contributed by atoms with Gasteiger partial charge in [-0.25, -0.2) is 0 Å². The molecule has 1 amide bonds. The van der Waals surface area contributed by atoms with Crippen molar-refractivity contribution >= 4 is 17.3 Å². The Hall–Kier alpha value is -2.30. The van der Waals surface area contributed by atoms with Gasteiger partial charge < -0.3 is 10.2 Å². The highest BCUT2D eigenvalue weighted by molar-refractivity contribution is 5.96. The first kappa shape index (κ1) is 14.6. The van der Waals surface area contributed by atoms with Crippen LogP contribution < -0.4 is 10.2 Å². The summed E-state index contributed by atoms with van der Waals surface area (Å²) in [6.45, 7) is 6.47. The van der Waals surface area contributed by atoms with Gasteiger partial charge in [-0.15, -0.1) is 0 Å². The van der Waals surface area contributed by atoms with E-state index in [1.54, 1.807) is 0 Å². The summed E-state index contributed by atoms with van der Waals surface area (Å²) in [5.41, 5.74) is 4.57. The molecule has 1 aliphatic heterocycles. The number of nitrogens with one attached hydrogen (secondary N) is 1. The summed E-state index contributed by atoms with van der Waals surface area (Å²) in [6, 6.07) is 8.30. The van der Waals surface area contributed by atoms with Gasteiger partial charge in [0, 0.05) is 37.1 Å². The predicted molar refractivity (Wildman–Crippen MR) is 88.0 cm³/mol. The average Bonchev–Trinajstić information content (AvgIpc) is 3.00. The summed E-state index contributed by atoms with van der Waals surface area (Å²) < 4.78 is 1.99. The van der Waals surface area contributed by atoms with Crippen molar-refractivity contribution in [1.82, 2.24) is 9.78 Å². The third kappa shape index (κ3) is 2.71. The fourth-order valence-electron chi connectivity index (χ4n) is 3.00. The van der Waals surface area contributed by atoms with Gasteiger partial charge in [0.2, 0.25) is 5.91 Å². The van der Waals surface area contributed by atoms with Crippen LogP contribution in [0.5, 0.6) is 0 Å². The molecular weight excluding hydrogens is 276 g/mol. The minimum absolute atomic E-state index is 0.225. The SMILES string of the molecule is CCN1C(=O)CCc2cc(NCc3ccnn3CC)ccc21. The molecule has 5 nitrogen and oxygen atoms in total. The van der Waals surface area contributed by atoms with Crippen molar-refractivity contribution in [3.8, 4) is 0 Å². The molecule has 2 heterocycles. The molecule has 0 fully saturated rings. The standard InChI is InChI=1S/C17H22N4O/c1-3-20-16-7-6-14(11-13(16)5-8-17(20)22)18-12-15-9-10-19-21(15)4-2/h6-7,9-11,18H,3-5,8,12H2,1-2H3. The van der Waals surface area contributed by atoms with Crippen LogP contribution in [0.2, 0.25) is 0 Å². The molecule has 3 rings (SSSR count). The van der Waals surface area contributed by atoms with Crippen LogP contribution in [0.1, 0.15) is 31.5 Å². The summed E-state index contributed by atoms with van der Waals surface area (Å²) in [7, 11) is 0. The topological polar surface area (TPSA) is 50.2 Å². The van der Waals surface area contributed by atoms with Gasteiger partial charge in [0.15, 0.2) is 0 Å². The van der Waals surface area contributed by atoms with E-state index in [9.17, 15) is 4.79 Å². The van der Waals surface area contributed by atoms with E-state index in [4.69, 9.17) is 0 Å². The number of carbonyl (C=O) groups is 1. The monoisotopic (exact) mass is 298 g/mol. The van der Waals surface area contributed by atoms with Gasteiger partial charge in [-0.05, 0) is 50.1 Å². The van der Waals surface area contributed by atoms with E-state index in [1.807, 2.05) is 34.8 Å². The lowest BCUT2D eigenvalue weighted by Crippen LogP contribution is -2.34. The van der Waals surface area contributed by atoms with E-state index in [0.717, 1.165) is 37.4 Å². The maximum atomic E-state index is 11.9. The quantitative estimate of drug-likeness (QED) is 0.923. The Morgan fingerprint density at radius 3 is 2.82 bits per heavy atom.